The molecule has 0 saturated carbocycles. The number of fused-ring (bicyclic) bond motifs is 4. The van der Waals surface area contributed by atoms with Gasteiger partial charge in [-0.1, -0.05) is 105 Å². The van der Waals surface area contributed by atoms with Gasteiger partial charge in [-0.25, -0.2) is 9.97 Å². The number of aromatic nitrogens is 6. The molecule has 6 heterocycles. The number of nitrogens with zero attached hydrogens (tertiary/aromatic N) is 4. The van der Waals surface area contributed by atoms with Gasteiger partial charge in [0.25, 0.3) is 0 Å². The third-order valence-corrected chi connectivity index (χ3v) is 33.6. The second-order valence-corrected chi connectivity index (χ2v) is 41.2. The number of hydrogen-bond donors (Lipinski definition) is 2. The molecule has 0 spiro atoms. The van der Waals surface area contributed by atoms with E-state index in [0.717, 1.165) is 109 Å². The van der Waals surface area contributed by atoms with Crippen LogP contribution in [0.15, 0.2) is 158 Å². The number of carbonyl (C=O) groups excluding carboxylic acids is 4. The Hall–Kier alpha value is -0.442. The average molecular weight is 2280 g/mol. The number of aryl methyl sites for hydroxylation is 4. The smallest absolute Gasteiger partial charge is 1.00 e. The van der Waals surface area contributed by atoms with E-state index in [4.69, 9.17) is 74.7 Å². The summed E-state index contributed by atoms with van der Waals surface area (Å²) in [4.78, 5) is 58.3. The van der Waals surface area contributed by atoms with Gasteiger partial charge in [0.05, 0.1) is 11.2 Å². The van der Waals surface area contributed by atoms with Crippen molar-refractivity contribution in [2.45, 2.75) is 150 Å². The molecule has 0 unspecified atom stereocenters. The van der Waals surface area contributed by atoms with Crippen LogP contribution in [0.2, 0.25) is 21.6 Å². The fourth-order valence-electron chi connectivity index (χ4n) is 12.6. The molecule has 13 rings (SSSR count). The van der Waals surface area contributed by atoms with Gasteiger partial charge in [0, 0.05) is 239 Å². The summed E-state index contributed by atoms with van der Waals surface area (Å²) in [6.45, 7) is 27.2. The fourth-order valence-corrected chi connectivity index (χ4v) is 19.8. The molecule has 13 nitrogen and oxygen atoms in total. The van der Waals surface area contributed by atoms with Gasteiger partial charge in [-0.15, -0.1) is 0 Å². The van der Waals surface area contributed by atoms with Crippen LogP contribution in [-0.4, -0.2) is 159 Å². The molecule has 2 aliphatic carbocycles. The molecular formula is C77H84B11Br4ClI4KN6NaO7Si. The van der Waals surface area contributed by atoms with Crippen LogP contribution in [0.25, 0.3) is 42.6 Å². The third kappa shape index (κ3) is 27.3. The van der Waals surface area contributed by atoms with Crippen LogP contribution in [0.1, 0.15) is 170 Å². The molecule has 3 N–H and O–H groups in total. The van der Waals surface area contributed by atoms with E-state index in [-0.39, 0.29) is 106 Å². The van der Waals surface area contributed by atoms with Crippen molar-refractivity contribution in [2.24, 2.45) is 0 Å². The maximum Gasteiger partial charge on any atom is 1.00 e. The zero-order valence-electron chi connectivity index (χ0n) is 66.7. The summed E-state index contributed by atoms with van der Waals surface area (Å²) >= 11 is 28.9. The molecule has 10 aromatic rings. The Kier molecular flexibility index (Phi) is 47.3. The molecule has 0 atom stereocenters. The molecule has 1 aliphatic heterocycles. The van der Waals surface area contributed by atoms with Crippen molar-refractivity contribution in [1.29, 1.82) is 0 Å². The zero-order valence-corrected chi connectivity index (χ0v) is 87.5. The van der Waals surface area contributed by atoms with Crippen LogP contribution in [0.5, 0.6) is 0 Å². The molecule has 14 radical (unpaired) electrons. The zero-order chi connectivity index (χ0) is 81.5. The molecule has 5 aromatic heterocycles. The minimum Gasteiger partial charge on any atom is -1.00 e. The molecule has 0 bridgehead atoms. The summed E-state index contributed by atoms with van der Waals surface area (Å²) in [5, 5.41) is 0.811. The minimum atomic E-state index is -1.51. The van der Waals surface area contributed by atoms with E-state index in [1.807, 2.05) is 107 Å². The first-order valence-electron chi connectivity index (χ1n) is 34.7. The number of benzene rings is 5. The van der Waals surface area contributed by atoms with Crippen molar-refractivity contribution in [3.8, 4) is 11.6 Å². The molecule has 5 aromatic carbocycles. The maximum absolute atomic E-state index is 11.3. The van der Waals surface area contributed by atoms with Crippen LogP contribution in [0.3, 0.4) is 0 Å². The number of nitrogens with one attached hydrogen (secondary N) is 2. The first-order chi connectivity index (χ1) is 51.2. The number of allylic oxidation sites excluding steroid dienone is 2. The number of rotatable bonds is 14. The number of aldehydes is 4. The molecule has 1 saturated heterocycles. The monoisotopic (exact) mass is 2270 g/mol. The molecule has 0 amide bonds. The van der Waals surface area contributed by atoms with Crippen LogP contribution >= 0.6 is 157 Å². The van der Waals surface area contributed by atoms with Crippen LogP contribution in [0, 0.1) is 31.3 Å². The van der Waals surface area contributed by atoms with E-state index in [1.54, 1.807) is 12.4 Å². The second kappa shape index (κ2) is 49.2. The van der Waals surface area contributed by atoms with E-state index in [2.05, 4.69) is 293 Å². The van der Waals surface area contributed by atoms with Gasteiger partial charge < -0.3 is 30.7 Å². The number of aromatic amines is 2. The van der Waals surface area contributed by atoms with Crippen molar-refractivity contribution < 1.29 is 116 Å². The summed E-state index contributed by atoms with van der Waals surface area (Å²) in [6, 6.07) is 34.5. The van der Waals surface area contributed by atoms with Crippen LogP contribution in [0.4, 0.5) is 0 Å². The predicted molar refractivity (Wildman–Crippen MR) is 528 cm³/mol. The largest absolute Gasteiger partial charge is 1.00 e. The normalized spacial score (nSPS) is 13.0. The van der Waals surface area contributed by atoms with Gasteiger partial charge >= 0.3 is 88.1 Å². The Morgan fingerprint density at radius 2 is 1.00 bits per heavy atom. The van der Waals surface area contributed by atoms with E-state index in [9.17, 15) is 19.2 Å². The Morgan fingerprint density at radius 1 is 0.602 bits per heavy atom. The van der Waals surface area contributed by atoms with Gasteiger partial charge in [-0.2, -0.15) is 16.1 Å². The summed E-state index contributed by atoms with van der Waals surface area (Å²) in [5.41, 5.74) is 20.2. The number of H-pyrrole nitrogens is 2. The van der Waals surface area contributed by atoms with Crippen molar-refractivity contribution in [2.75, 3.05) is 0 Å². The van der Waals surface area contributed by atoms with E-state index >= 15 is 0 Å². The fraction of sp³-hybridized carbons (Fsp3) is 0.299. The van der Waals surface area contributed by atoms with Crippen molar-refractivity contribution in [3.63, 3.8) is 0 Å². The number of halogens is 9. The van der Waals surface area contributed by atoms with Crippen molar-refractivity contribution in [3.05, 3.63) is 234 Å². The maximum atomic E-state index is 11.3. The Morgan fingerprint density at radius 3 is 1.42 bits per heavy atom. The predicted octanol–water partition coefficient (Wildman–Crippen LogP) is 14.7. The topological polar surface area (TPSA) is 184 Å². The summed E-state index contributed by atoms with van der Waals surface area (Å²) < 4.78 is 22.1. The first-order valence-corrected chi connectivity index (χ1v) is 49.6. The summed E-state index contributed by atoms with van der Waals surface area (Å²) in [6.07, 6.45) is 17.1. The Balaban J connectivity index is 0.000000674. The van der Waals surface area contributed by atoms with Crippen molar-refractivity contribution >= 4 is 307 Å². The molecule has 113 heavy (non-hydrogen) atoms. The molecule has 36 heteroatoms. The van der Waals surface area contributed by atoms with Crippen molar-refractivity contribution in [1.82, 2.24) is 29.1 Å². The van der Waals surface area contributed by atoms with E-state index in [1.165, 1.54) is 48.5 Å². The first kappa shape index (κ1) is 109. The summed E-state index contributed by atoms with van der Waals surface area (Å²) in [5.74, 6) is 0.667. The van der Waals surface area contributed by atoms with Gasteiger partial charge in [0.15, 0.2) is 32.5 Å². The van der Waals surface area contributed by atoms with Gasteiger partial charge in [-0.05, 0) is 286 Å². The molecular weight excluding hydrogens is 2190 g/mol. The Labute approximate surface area is 835 Å². The number of carbonyl (C=O) groups is 4. The van der Waals surface area contributed by atoms with E-state index in [0.29, 0.717) is 39.3 Å². The quantitative estimate of drug-likeness (QED) is 0.0463. The molecule has 3 aliphatic rings. The van der Waals surface area contributed by atoms with E-state index < -0.39 is 39.0 Å². The van der Waals surface area contributed by atoms with Gasteiger partial charge in [0.2, 0.25) is 5.95 Å². The van der Waals surface area contributed by atoms with Crippen LogP contribution in [-0.2, 0) is 22.2 Å². The van der Waals surface area contributed by atoms with Gasteiger partial charge in [0.1, 0.15) is 0 Å². The SMILES string of the molecule is C.CC(C)[Si](Cl)(C(C)C)C(C)C.Cc1ccc(C)n1-c1ccc(C2=CCc3cc(Br)c(C=O)cc32)cc1.Cc1ccc(C)n1-c1ncc(B2OC(C)(C)C(C)(C)O2)cn1.II.O=Cc1cc2c(I)c[nH]c2cc1Br.O=Cc1cc2c(cc1Br)CC=C2I.O=Cc1cc2cc[nH]c2cc1Br.[B]B([B])C([B])(B([B])[B])B([B])[B].[H-].[K+].[Na+].[OH-]. The Bertz CT molecular complexity index is 4790. The molecule has 566 valence electrons. The minimum absolute atomic E-state index is 0. The van der Waals surface area contributed by atoms with Crippen LogP contribution < -0.4 is 86.4 Å². The number of hydrogen-bond acceptors (Lipinski definition) is 9. The van der Waals surface area contributed by atoms with Gasteiger partial charge in [-0.3, -0.25) is 23.7 Å². The summed E-state index contributed by atoms with van der Waals surface area (Å²) in [7, 11) is 35.5. The average Bonchev–Trinajstić information content (AvgIpc) is 1.62. The second-order valence-electron chi connectivity index (χ2n) is 28.3. The standard InChI is InChI=1S/C22H18BrNO.C16H22BN3O2.C10H6BrIO.C9H5BrINO.C9H6BrNO.C9H21ClSi.CB10.CH4.I2.K.Na.H2O.H/c1-14-3-4-15(2)24(14)19-8-5-16(6-9-19)20-10-7-17-12-22(23)18(13-25)11-21(17)20;1-11-7-8-12(2)20(11)14-18-9-13(10-19-14)17-21-15(3,4)16(5,6)22-17;11-9-4-6-1-2-10(12)8(6)3-7(9)5-13;10-7-2-9-6(1-5(7)4-13)8(11)3-12-9;10-8-4-9-6(1-2-11-9)3-7(8)5-12;1-7(2)11(10,8(3)4)9(5)6;2-1(9(3)4,10(5)6)11(7)8;;1-2;;;;/h3-6,8-13H,7H2,1-2H3;7-10H,1-6H3;2-5H,1H2;1-4,12H;1-5,11H;7-9H,1-6H3;;1H4;;;;1H2;/q;;;;;;;;;2*+1;;-1/p-1. The third-order valence-electron chi connectivity index (χ3n) is 19.7. The molecule has 1 fully saturated rings.